The van der Waals surface area contributed by atoms with Gasteiger partial charge in [0.05, 0.1) is 5.56 Å². The minimum atomic E-state index is -4.68. The van der Waals surface area contributed by atoms with Gasteiger partial charge in [-0.05, 0) is 43.8 Å². The molecule has 1 aromatic heterocycles. The van der Waals surface area contributed by atoms with Crippen LogP contribution in [-0.2, 0) is 6.18 Å². The van der Waals surface area contributed by atoms with Crippen molar-refractivity contribution in [3.8, 4) is 10.4 Å². The van der Waals surface area contributed by atoms with Gasteiger partial charge in [0.2, 0.25) is 0 Å². The van der Waals surface area contributed by atoms with E-state index in [0.717, 1.165) is 17.0 Å². The van der Waals surface area contributed by atoms with E-state index in [9.17, 15) is 17.6 Å². The molecule has 108 valence electrons. The molecule has 0 aliphatic rings. The summed E-state index contributed by atoms with van der Waals surface area (Å²) in [6.45, 7) is 1.96. The zero-order chi connectivity index (χ0) is 14.9. The van der Waals surface area contributed by atoms with E-state index in [1.807, 2.05) is 20.0 Å². The zero-order valence-electron chi connectivity index (χ0n) is 10.9. The van der Waals surface area contributed by atoms with Gasteiger partial charge < -0.3 is 5.32 Å². The van der Waals surface area contributed by atoms with E-state index >= 15 is 0 Å². The lowest BCUT2D eigenvalue weighted by Crippen LogP contribution is -2.10. The summed E-state index contributed by atoms with van der Waals surface area (Å²) in [6, 6.07) is 6.81. The lowest BCUT2D eigenvalue weighted by molar-refractivity contribution is -0.139. The first-order valence-corrected chi connectivity index (χ1v) is 6.78. The minimum Gasteiger partial charge on any atom is -0.313 e. The molecule has 1 N–H and O–H groups in total. The van der Waals surface area contributed by atoms with Gasteiger partial charge >= 0.3 is 6.18 Å². The van der Waals surface area contributed by atoms with Crippen LogP contribution in [0.1, 0.15) is 23.4 Å². The third kappa shape index (κ3) is 3.02. The molecule has 0 radical (unpaired) electrons. The van der Waals surface area contributed by atoms with Crippen LogP contribution in [0.25, 0.3) is 10.4 Å². The Morgan fingerprint density at radius 1 is 1.15 bits per heavy atom. The van der Waals surface area contributed by atoms with Crippen LogP contribution in [0.2, 0.25) is 0 Å². The second-order valence-electron chi connectivity index (χ2n) is 4.40. The van der Waals surface area contributed by atoms with Crippen LogP contribution in [0.5, 0.6) is 0 Å². The molecule has 0 bridgehead atoms. The van der Waals surface area contributed by atoms with Crippen molar-refractivity contribution in [3.63, 3.8) is 0 Å². The van der Waals surface area contributed by atoms with Crippen LogP contribution in [0.3, 0.4) is 0 Å². The van der Waals surface area contributed by atoms with Crippen molar-refractivity contribution in [1.82, 2.24) is 5.32 Å². The maximum Gasteiger partial charge on any atom is 0.419 e. The fraction of sp³-hybridized carbons (Fsp3) is 0.286. The van der Waals surface area contributed by atoms with Crippen molar-refractivity contribution in [2.45, 2.75) is 19.1 Å². The number of hydrogen-bond donors (Lipinski definition) is 1. The van der Waals surface area contributed by atoms with Gasteiger partial charge in [-0.2, -0.15) is 13.2 Å². The van der Waals surface area contributed by atoms with Crippen molar-refractivity contribution in [3.05, 3.63) is 46.6 Å². The first-order valence-electron chi connectivity index (χ1n) is 5.97. The van der Waals surface area contributed by atoms with Gasteiger partial charge in [0.1, 0.15) is 5.82 Å². The molecule has 2 aromatic rings. The molecule has 1 nitrogen and oxygen atoms in total. The average molecular weight is 303 g/mol. The van der Waals surface area contributed by atoms with Crippen LogP contribution in [-0.4, -0.2) is 7.05 Å². The molecule has 20 heavy (non-hydrogen) atoms. The second kappa shape index (κ2) is 5.54. The second-order valence-corrected chi connectivity index (χ2v) is 5.52. The van der Waals surface area contributed by atoms with Crippen molar-refractivity contribution >= 4 is 11.3 Å². The Kier molecular flexibility index (Phi) is 4.15. The minimum absolute atomic E-state index is 0.122. The summed E-state index contributed by atoms with van der Waals surface area (Å²) in [4.78, 5) is 1.70. The van der Waals surface area contributed by atoms with E-state index in [1.54, 1.807) is 6.07 Å². The molecule has 0 amide bonds. The molecular formula is C14H13F4NS. The number of alkyl halides is 3. The summed E-state index contributed by atoms with van der Waals surface area (Å²) in [5, 5.41) is 3.06. The summed E-state index contributed by atoms with van der Waals surface area (Å²) < 4.78 is 51.3. The molecule has 1 heterocycles. The highest BCUT2D eigenvalue weighted by Crippen LogP contribution is 2.37. The Hall–Kier alpha value is -1.40. The average Bonchev–Trinajstić information content (AvgIpc) is 2.86. The third-order valence-electron chi connectivity index (χ3n) is 3.04. The molecule has 0 aliphatic heterocycles. The van der Waals surface area contributed by atoms with Crippen molar-refractivity contribution in [2.75, 3.05) is 7.05 Å². The molecule has 0 fully saturated rings. The monoisotopic (exact) mass is 303 g/mol. The summed E-state index contributed by atoms with van der Waals surface area (Å²) in [5.74, 6) is -1.25. The van der Waals surface area contributed by atoms with Crippen LogP contribution in [0.4, 0.5) is 17.6 Å². The Balaban J connectivity index is 2.41. The number of halogens is 4. The van der Waals surface area contributed by atoms with Crippen molar-refractivity contribution in [2.24, 2.45) is 0 Å². The van der Waals surface area contributed by atoms with E-state index in [2.05, 4.69) is 5.32 Å². The maximum absolute atomic E-state index is 13.2. The van der Waals surface area contributed by atoms with E-state index in [-0.39, 0.29) is 6.04 Å². The number of thiophene rings is 1. The van der Waals surface area contributed by atoms with Crippen LogP contribution in [0.15, 0.2) is 30.3 Å². The van der Waals surface area contributed by atoms with Gasteiger partial charge in [0, 0.05) is 15.8 Å². The van der Waals surface area contributed by atoms with Crippen LogP contribution >= 0.6 is 11.3 Å². The van der Waals surface area contributed by atoms with E-state index in [0.29, 0.717) is 10.4 Å². The van der Waals surface area contributed by atoms with Crippen LogP contribution in [0, 0.1) is 5.82 Å². The van der Waals surface area contributed by atoms with Gasteiger partial charge in [0.15, 0.2) is 0 Å². The quantitative estimate of drug-likeness (QED) is 0.799. The fourth-order valence-electron chi connectivity index (χ4n) is 1.78. The lowest BCUT2D eigenvalue weighted by atomic mass is 10.1. The van der Waals surface area contributed by atoms with Gasteiger partial charge in [-0.3, -0.25) is 0 Å². The fourth-order valence-corrected chi connectivity index (χ4v) is 2.84. The first-order chi connectivity index (χ1) is 9.32. The van der Waals surface area contributed by atoms with Crippen LogP contribution < -0.4 is 5.32 Å². The molecular weight excluding hydrogens is 290 g/mol. The SMILES string of the molecule is CNC(C)c1ccc(-c2ccc(F)c(C(F)(F)F)c2)s1. The molecule has 0 aliphatic carbocycles. The lowest BCUT2D eigenvalue weighted by Gasteiger charge is -2.09. The van der Waals surface area contributed by atoms with E-state index in [1.165, 1.54) is 17.4 Å². The Bertz CT molecular complexity index is 603. The number of hydrogen-bond acceptors (Lipinski definition) is 2. The Labute approximate surface area is 118 Å². The molecule has 2 rings (SSSR count). The number of nitrogens with one attached hydrogen (secondary N) is 1. The summed E-state index contributed by atoms with van der Waals surface area (Å²) in [7, 11) is 1.81. The normalized spacial score (nSPS) is 13.5. The predicted molar refractivity (Wildman–Crippen MR) is 72.2 cm³/mol. The third-order valence-corrected chi connectivity index (χ3v) is 4.36. The molecule has 1 aromatic carbocycles. The summed E-state index contributed by atoms with van der Waals surface area (Å²) in [5.41, 5.74) is -0.857. The van der Waals surface area contributed by atoms with Gasteiger partial charge in [-0.25, -0.2) is 4.39 Å². The molecule has 0 spiro atoms. The van der Waals surface area contributed by atoms with E-state index < -0.39 is 17.6 Å². The zero-order valence-corrected chi connectivity index (χ0v) is 11.7. The van der Waals surface area contributed by atoms with E-state index in [4.69, 9.17) is 0 Å². The van der Waals surface area contributed by atoms with Gasteiger partial charge in [-0.1, -0.05) is 6.07 Å². The van der Waals surface area contributed by atoms with Gasteiger partial charge in [0.25, 0.3) is 0 Å². The largest absolute Gasteiger partial charge is 0.419 e. The maximum atomic E-state index is 13.2. The molecule has 0 saturated carbocycles. The highest BCUT2D eigenvalue weighted by atomic mass is 32.1. The first kappa shape index (κ1) is 15.0. The molecule has 6 heteroatoms. The van der Waals surface area contributed by atoms with Gasteiger partial charge in [-0.15, -0.1) is 11.3 Å². The smallest absolute Gasteiger partial charge is 0.313 e. The molecule has 1 atom stereocenters. The summed E-state index contributed by atoms with van der Waals surface area (Å²) >= 11 is 1.39. The van der Waals surface area contributed by atoms with Crippen molar-refractivity contribution < 1.29 is 17.6 Å². The Morgan fingerprint density at radius 2 is 1.85 bits per heavy atom. The molecule has 0 saturated heterocycles. The standard InChI is InChI=1S/C14H13F4NS/c1-8(19-2)12-5-6-13(20-12)9-3-4-11(15)10(7-9)14(16,17)18/h3-8,19H,1-2H3. The van der Waals surface area contributed by atoms with Crippen molar-refractivity contribution in [1.29, 1.82) is 0 Å². The molecule has 1 unspecified atom stereocenters. The Morgan fingerprint density at radius 3 is 2.45 bits per heavy atom. The highest BCUT2D eigenvalue weighted by molar-refractivity contribution is 7.15. The summed E-state index contributed by atoms with van der Waals surface area (Å²) in [6.07, 6.45) is -4.68. The highest BCUT2D eigenvalue weighted by Gasteiger charge is 2.34. The number of benzene rings is 1. The predicted octanol–water partition coefficient (Wildman–Crippen LogP) is 4.85. The number of rotatable bonds is 3. The topological polar surface area (TPSA) is 12.0 Å².